The molecule has 1 aromatic carbocycles. The molecule has 4 nitrogen and oxygen atoms in total. The summed E-state index contributed by atoms with van der Waals surface area (Å²) in [7, 11) is 0. The molecule has 1 heterocycles. The van der Waals surface area contributed by atoms with Gasteiger partial charge in [0, 0.05) is 6.54 Å². The molecule has 1 aromatic heterocycles. The smallest absolute Gasteiger partial charge is 0.131 e. The lowest BCUT2D eigenvalue weighted by atomic mass is 10.1. The van der Waals surface area contributed by atoms with Crippen LogP contribution in [0.1, 0.15) is 42.5 Å². The highest BCUT2D eigenvalue weighted by Gasteiger charge is 2.14. The number of aliphatic hydroxyl groups is 1. The molecule has 0 fully saturated rings. The molecule has 0 radical (unpaired) electrons. The van der Waals surface area contributed by atoms with Gasteiger partial charge in [-0.1, -0.05) is 17.7 Å². The van der Waals surface area contributed by atoms with Gasteiger partial charge in [-0.05, 0) is 51.0 Å². The van der Waals surface area contributed by atoms with Crippen molar-refractivity contribution in [3.63, 3.8) is 0 Å². The molecule has 2 rings (SSSR count). The minimum absolute atomic E-state index is 0.377. The molecule has 114 valence electrons. The standard InChI is InChI=1S/C16H21ClN2O2/c1-5-19-14(16(17)11(3)18-19)9-21-15-7-6-13(12(4)20)8-10(15)2/h6-8,12,20H,5,9H2,1-4H3. The van der Waals surface area contributed by atoms with Crippen molar-refractivity contribution >= 4 is 11.6 Å². The second kappa shape index (κ2) is 6.50. The van der Waals surface area contributed by atoms with Gasteiger partial charge in [-0.15, -0.1) is 0 Å². The molecule has 21 heavy (non-hydrogen) atoms. The number of benzene rings is 1. The fourth-order valence-corrected chi connectivity index (χ4v) is 2.44. The molecule has 0 aliphatic carbocycles. The predicted octanol–water partition coefficient (Wildman–Crippen LogP) is 3.81. The van der Waals surface area contributed by atoms with Crippen molar-refractivity contribution in [3.8, 4) is 5.75 Å². The van der Waals surface area contributed by atoms with E-state index in [0.717, 1.165) is 34.8 Å². The highest BCUT2D eigenvalue weighted by atomic mass is 35.5. The first-order valence-corrected chi connectivity index (χ1v) is 7.45. The van der Waals surface area contributed by atoms with Crippen molar-refractivity contribution < 1.29 is 9.84 Å². The van der Waals surface area contributed by atoms with Gasteiger partial charge in [0.05, 0.1) is 22.5 Å². The molecule has 5 heteroatoms. The summed E-state index contributed by atoms with van der Waals surface area (Å²) in [5.41, 5.74) is 3.57. The van der Waals surface area contributed by atoms with E-state index in [-0.39, 0.29) is 0 Å². The van der Waals surface area contributed by atoms with Crippen LogP contribution in [0.5, 0.6) is 5.75 Å². The zero-order valence-electron chi connectivity index (χ0n) is 12.9. The second-order valence-corrected chi connectivity index (χ2v) is 5.53. The van der Waals surface area contributed by atoms with Crippen LogP contribution in [0.15, 0.2) is 18.2 Å². The van der Waals surface area contributed by atoms with E-state index in [9.17, 15) is 5.11 Å². The molecule has 0 aliphatic rings. The summed E-state index contributed by atoms with van der Waals surface area (Å²) in [6, 6.07) is 5.69. The van der Waals surface area contributed by atoms with Crippen LogP contribution >= 0.6 is 11.6 Å². The summed E-state index contributed by atoms with van der Waals surface area (Å²) in [5.74, 6) is 0.789. The Morgan fingerprint density at radius 2 is 2.10 bits per heavy atom. The highest BCUT2D eigenvalue weighted by Crippen LogP contribution is 2.26. The zero-order chi connectivity index (χ0) is 15.6. The van der Waals surface area contributed by atoms with Gasteiger partial charge >= 0.3 is 0 Å². The lowest BCUT2D eigenvalue weighted by Gasteiger charge is -2.13. The van der Waals surface area contributed by atoms with Gasteiger partial charge in [0.25, 0.3) is 0 Å². The van der Waals surface area contributed by atoms with Crippen LogP contribution in [-0.2, 0) is 13.2 Å². The largest absolute Gasteiger partial charge is 0.487 e. The highest BCUT2D eigenvalue weighted by molar-refractivity contribution is 6.31. The minimum Gasteiger partial charge on any atom is -0.487 e. The summed E-state index contributed by atoms with van der Waals surface area (Å²) < 4.78 is 7.73. The number of hydrogen-bond donors (Lipinski definition) is 1. The molecule has 1 unspecified atom stereocenters. The van der Waals surface area contributed by atoms with Gasteiger partial charge in [-0.3, -0.25) is 4.68 Å². The van der Waals surface area contributed by atoms with Gasteiger partial charge < -0.3 is 9.84 Å². The first kappa shape index (κ1) is 15.9. The van der Waals surface area contributed by atoms with Crippen molar-refractivity contribution in [2.45, 2.75) is 47.0 Å². The third-order valence-corrected chi connectivity index (χ3v) is 3.99. The van der Waals surface area contributed by atoms with Crippen molar-refractivity contribution in [3.05, 3.63) is 45.7 Å². The Labute approximate surface area is 130 Å². The van der Waals surface area contributed by atoms with E-state index in [2.05, 4.69) is 5.10 Å². The Morgan fingerprint density at radius 1 is 1.38 bits per heavy atom. The third kappa shape index (κ3) is 3.39. The van der Waals surface area contributed by atoms with E-state index in [1.54, 1.807) is 6.92 Å². The number of nitrogens with zero attached hydrogens (tertiary/aromatic N) is 2. The first-order chi connectivity index (χ1) is 9.93. The van der Waals surface area contributed by atoms with Crippen LogP contribution in [0.2, 0.25) is 5.02 Å². The van der Waals surface area contributed by atoms with Crippen LogP contribution < -0.4 is 4.74 Å². The minimum atomic E-state index is -0.476. The molecule has 0 amide bonds. The Kier molecular flexibility index (Phi) is 4.91. The van der Waals surface area contributed by atoms with Crippen molar-refractivity contribution in [1.29, 1.82) is 0 Å². The van der Waals surface area contributed by atoms with Gasteiger partial charge in [0.1, 0.15) is 12.4 Å². The Hall–Kier alpha value is -1.52. The normalized spacial score (nSPS) is 12.5. The lowest BCUT2D eigenvalue weighted by molar-refractivity contribution is 0.199. The molecule has 0 aliphatic heterocycles. The summed E-state index contributed by atoms with van der Waals surface area (Å²) in [5, 5.41) is 14.6. The van der Waals surface area contributed by atoms with Gasteiger partial charge in [0.2, 0.25) is 0 Å². The first-order valence-electron chi connectivity index (χ1n) is 7.07. The quantitative estimate of drug-likeness (QED) is 0.913. The van der Waals surface area contributed by atoms with Crippen LogP contribution in [0.25, 0.3) is 0 Å². The molecule has 0 bridgehead atoms. The maximum Gasteiger partial charge on any atom is 0.131 e. The fraction of sp³-hybridized carbons (Fsp3) is 0.438. The molecule has 2 aromatic rings. The monoisotopic (exact) mass is 308 g/mol. The van der Waals surface area contributed by atoms with Gasteiger partial charge in [-0.2, -0.15) is 5.10 Å². The van der Waals surface area contributed by atoms with E-state index in [4.69, 9.17) is 16.3 Å². The van der Waals surface area contributed by atoms with E-state index in [1.807, 2.05) is 43.7 Å². The van der Waals surface area contributed by atoms with E-state index in [0.29, 0.717) is 11.6 Å². The zero-order valence-corrected chi connectivity index (χ0v) is 13.6. The van der Waals surface area contributed by atoms with Gasteiger partial charge in [0.15, 0.2) is 0 Å². The summed E-state index contributed by atoms with van der Waals surface area (Å²) in [6.07, 6.45) is -0.476. The van der Waals surface area contributed by atoms with Gasteiger partial charge in [-0.25, -0.2) is 0 Å². The van der Waals surface area contributed by atoms with Crippen LogP contribution in [-0.4, -0.2) is 14.9 Å². The van der Waals surface area contributed by atoms with E-state index in [1.165, 1.54) is 0 Å². The SMILES string of the molecule is CCn1nc(C)c(Cl)c1COc1ccc(C(C)O)cc1C. The number of rotatable bonds is 5. The molecule has 1 N–H and O–H groups in total. The Balaban J connectivity index is 2.17. The number of aromatic nitrogens is 2. The number of aliphatic hydroxyl groups excluding tert-OH is 1. The predicted molar refractivity (Wildman–Crippen MR) is 83.8 cm³/mol. The molecule has 1 atom stereocenters. The lowest BCUT2D eigenvalue weighted by Crippen LogP contribution is -2.07. The Morgan fingerprint density at radius 3 is 2.67 bits per heavy atom. The van der Waals surface area contributed by atoms with Crippen molar-refractivity contribution in [1.82, 2.24) is 9.78 Å². The summed E-state index contributed by atoms with van der Waals surface area (Å²) >= 11 is 6.27. The van der Waals surface area contributed by atoms with Crippen molar-refractivity contribution in [2.24, 2.45) is 0 Å². The van der Waals surface area contributed by atoms with Crippen LogP contribution in [0, 0.1) is 13.8 Å². The summed E-state index contributed by atoms with van der Waals surface area (Å²) in [4.78, 5) is 0. The average Bonchev–Trinajstić information content (AvgIpc) is 2.72. The van der Waals surface area contributed by atoms with E-state index >= 15 is 0 Å². The average molecular weight is 309 g/mol. The van der Waals surface area contributed by atoms with E-state index < -0.39 is 6.10 Å². The Bertz CT molecular complexity index is 635. The maximum atomic E-state index is 9.58. The molecular weight excluding hydrogens is 288 g/mol. The van der Waals surface area contributed by atoms with Crippen LogP contribution in [0.4, 0.5) is 0 Å². The maximum absolute atomic E-state index is 9.58. The molecule has 0 saturated heterocycles. The second-order valence-electron chi connectivity index (χ2n) is 5.15. The van der Waals surface area contributed by atoms with Crippen LogP contribution in [0.3, 0.4) is 0 Å². The number of hydrogen-bond acceptors (Lipinski definition) is 3. The molecule has 0 spiro atoms. The molecule has 0 saturated carbocycles. The van der Waals surface area contributed by atoms with Crippen molar-refractivity contribution in [2.75, 3.05) is 0 Å². The summed E-state index contributed by atoms with van der Waals surface area (Å²) in [6.45, 7) is 8.76. The number of ether oxygens (including phenoxy) is 1. The molecular formula is C16H21ClN2O2. The topological polar surface area (TPSA) is 47.3 Å². The fourth-order valence-electron chi connectivity index (χ4n) is 2.25. The number of aryl methyl sites for hydroxylation is 3. The number of halogens is 1. The third-order valence-electron chi connectivity index (χ3n) is 3.50.